The smallest absolute Gasteiger partial charge is 0.220 e. The van der Waals surface area contributed by atoms with E-state index in [1.165, 1.54) is 16.7 Å². The molecule has 0 bridgehead atoms. The summed E-state index contributed by atoms with van der Waals surface area (Å²) in [5.41, 5.74) is 3.82. The minimum absolute atomic E-state index is 0.139. The molecule has 0 atom stereocenters. The quantitative estimate of drug-likeness (QED) is 0.793. The van der Waals surface area contributed by atoms with E-state index in [0.717, 1.165) is 25.9 Å². The Labute approximate surface area is 115 Å². The molecule has 0 fully saturated rings. The summed E-state index contributed by atoms with van der Waals surface area (Å²) < 4.78 is 0. The number of nitrogens with one attached hydrogen (secondary N) is 2. The Morgan fingerprint density at radius 3 is 2.79 bits per heavy atom. The Balaban J connectivity index is 1.69. The van der Waals surface area contributed by atoms with Crippen molar-refractivity contribution in [2.45, 2.75) is 26.2 Å². The molecule has 2 rings (SSSR count). The predicted octanol–water partition coefficient (Wildman–Crippen LogP) is 1.96. The third kappa shape index (κ3) is 4.87. The number of hydrogen-bond acceptors (Lipinski definition) is 2. The van der Waals surface area contributed by atoms with Crippen molar-refractivity contribution >= 4 is 5.91 Å². The highest BCUT2D eigenvalue weighted by Crippen LogP contribution is 2.06. The van der Waals surface area contributed by atoms with Crippen molar-refractivity contribution in [3.05, 3.63) is 47.0 Å². The lowest BCUT2D eigenvalue weighted by Crippen LogP contribution is -2.29. The van der Waals surface area contributed by atoms with E-state index >= 15 is 0 Å². The summed E-state index contributed by atoms with van der Waals surface area (Å²) in [4.78, 5) is 11.8. The van der Waals surface area contributed by atoms with Crippen LogP contribution in [0.15, 0.2) is 35.9 Å². The van der Waals surface area contributed by atoms with E-state index in [2.05, 4.69) is 47.9 Å². The summed E-state index contributed by atoms with van der Waals surface area (Å²) in [7, 11) is 0. The molecular weight excluding hydrogens is 236 g/mol. The van der Waals surface area contributed by atoms with Crippen LogP contribution in [0, 0.1) is 6.92 Å². The maximum Gasteiger partial charge on any atom is 0.220 e. The van der Waals surface area contributed by atoms with Crippen molar-refractivity contribution in [3.8, 4) is 0 Å². The van der Waals surface area contributed by atoms with Crippen LogP contribution >= 0.6 is 0 Å². The molecule has 0 aromatic heterocycles. The Bertz CT molecular complexity index is 448. The van der Waals surface area contributed by atoms with Crippen molar-refractivity contribution in [2.24, 2.45) is 0 Å². The molecule has 1 amide bonds. The van der Waals surface area contributed by atoms with Gasteiger partial charge in [0.25, 0.3) is 0 Å². The van der Waals surface area contributed by atoms with Gasteiger partial charge in [0.2, 0.25) is 5.91 Å². The Hall–Kier alpha value is -1.61. The molecule has 3 nitrogen and oxygen atoms in total. The van der Waals surface area contributed by atoms with Crippen LogP contribution in [0.1, 0.15) is 24.0 Å². The van der Waals surface area contributed by atoms with Gasteiger partial charge in [-0.05, 0) is 31.9 Å². The first-order chi connectivity index (χ1) is 9.24. The van der Waals surface area contributed by atoms with Gasteiger partial charge in [0, 0.05) is 19.5 Å². The third-order valence-corrected chi connectivity index (χ3v) is 3.43. The molecule has 19 heavy (non-hydrogen) atoms. The van der Waals surface area contributed by atoms with Crippen molar-refractivity contribution in [3.63, 3.8) is 0 Å². The zero-order valence-corrected chi connectivity index (χ0v) is 11.5. The lowest BCUT2D eigenvalue weighted by Gasteiger charge is -2.14. The first kappa shape index (κ1) is 13.8. The van der Waals surface area contributed by atoms with Gasteiger partial charge < -0.3 is 10.6 Å². The number of amides is 1. The van der Waals surface area contributed by atoms with Gasteiger partial charge in [0.1, 0.15) is 0 Å². The summed E-state index contributed by atoms with van der Waals surface area (Å²) in [6, 6.07) is 8.37. The highest BCUT2D eigenvalue weighted by molar-refractivity contribution is 5.76. The Morgan fingerprint density at radius 1 is 1.32 bits per heavy atom. The number of carbonyl (C=O) groups is 1. The normalized spacial score (nSPS) is 14.9. The van der Waals surface area contributed by atoms with Gasteiger partial charge in [0.15, 0.2) is 0 Å². The molecule has 3 heteroatoms. The monoisotopic (exact) mass is 258 g/mol. The van der Waals surface area contributed by atoms with Crippen LogP contribution in [-0.4, -0.2) is 25.5 Å². The van der Waals surface area contributed by atoms with E-state index < -0.39 is 0 Å². The van der Waals surface area contributed by atoms with Crippen molar-refractivity contribution in [2.75, 3.05) is 19.6 Å². The van der Waals surface area contributed by atoms with Gasteiger partial charge in [-0.25, -0.2) is 0 Å². The molecule has 0 spiro atoms. The van der Waals surface area contributed by atoms with E-state index in [-0.39, 0.29) is 5.91 Å². The largest absolute Gasteiger partial charge is 0.352 e. The van der Waals surface area contributed by atoms with Crippen molar-refractivity contribution < 1.29 is 4.79 Å². The molecule has 1 aliphatic heterocycles. The number of aryl methyl sites for hydroxylation is 2. The van der Waals surface area contributed by atoms with E-state index in [0.29, 0.717) is 13.0 Å². The molecule has 1 aromatic carbocycles. The second kappa shape index (κ2) is 7.10. The van der Waals surface area contributed by atoms with Gasteiger partial charge in [-0.15, -0.1) is 0 Å². The van der Waals surface area contributed by atoms with Gasteiger partial charge in [-0.3, -0.25) is 4.79 Å². The average molecular weight is 258 g/mol. The van der Waals surface area contributed by atoms with E-state index in [1.54, 1.807) is 0 Å². The SMILES string of the molecule is Cc1ccc(CCC(=O)NCC2=CCNCC2)cc1. The van der Waals surface area contributed by atoms with E-state index in [9.17, 15) is 4.79 Å². The first-order valence-electron chi connectivity index (χ1n) is 6.95. The van der Waals surface area contributed by atoms with Crippen LogP contribution < -0.4 is 10.6 Å². The Morgan fingerprint density at radius 2 is 2.11 bits per heavy atom. The summed E-state index contributed by atoms with van der Waals surface area (Å²) >= 11 is 0. The number of carbonyl (C=O) groups excluding carboxylic acids is 1. The van der Waals surface area contributed by atoms with Crippen molar-refractivity contribution in [1.82, 2.24) is 10.6 Å². The second-order valence-electron chi connectivity index (χ2n) is 5.08. The molecule has 1 aromatic rings. The molecule has 102 valence electrons. The molecule has 2 N–H and O–H groups in total. The van der Waals surface area contributed by atoms with Gasteiger partial charge >= 0.3 is 0 Å². The second-order valence-corrected chi connectivity index (χ2v) is 5.08. The number of rotatable bonds is 5. The van der Waals surface area contributed by atoms with Gasteiger partial charge in [-0.2, -0.15) is 0 Å². The summed E-state index contributed by atoms with van der Waals surface area (Å²) in [6.45, 7) is 4.72. The zero-order valence-electron chi connectivity index (χ0n) is 11.5. The molecule has 0 aliphatic carbocycles. The summed E-state index contributed by atoms with van der Waals surface area (Å²) in [5, 5.41) is 6.26. The lowest BCUT2D eigenvalue weighted by molar-refractivity contribution is -0.120. The number of benzene rings is 1. The topological polar surface area (TPSA) is 41.1 Å². The maximum atomic E-state index is 11.8. The van der Waals surface area contributed by atoms with Crippen LogP contribution in [0.5, 0.6) is 0 Å². The summed E-state index contributed by atoms with van der Waals surface area (Å²) in [5.74, 6) is 0.139. The molecule has 0 radical (unpaired) electrons. The van der Waals surface area contributed by atoms with E-state index in [4.69, 9.17) is 0 Å². The van der Waals surface area contributed by atoms with Crippen LogP contribution in [0.25, 0.3) is 0 Å². The Kier molecular flexibility index (Phi) is 5.16. The molecule has 1 aliphatic rings. The van der Waals surface area contributed by atoms with Gasteiger partial charge in [-0.1, -0.05) is 41.5 Å². The first-order valence-corrected chi connectivity index (χ1v) is 6.95. The maximum absolute atomic E-state index is 11.8. The fourth-order valence-electron chi connectivity index (χ4n) is 2.14. The fourth-order valence-corrected chi connectivity index (χ4v) is 2.14. The number of hydrogen-bond donors (Lipinski definition) is 2. The molecule has 0 unspecified atom stereocenters. The summed E-state index contributed by atoms with van der Waals surface area (Å²) in [6.07, 6.45) is 4.59. The van der Waals surface area contributed by atoms with Crippen LogP contribution in [0.4, 0.5) is 0 Å². The molecular formula is C16H22N2O. The van der Waals surface area contributed by atoms with Crippen LogP contribution in [0.3, 0.4) is 0 Å². The van der Waals surface area contributed by atoms with Crippen molar-refractivity contribution in [1.29, 1.82) is 0 Å². The minimum Gasteiger partial charge on any atom is -0.352 e. The van der Waals surface area contributed by atoms with Gasteiger partial charge in [0.05, 0.1) is 0 Å². The lowest BCUT2D eigenvalue weighted by atomic mass is 10.1. The average Bonchev–Trinajstić information content (AvgIpc) is 2.45. The predicted molar refractivity (Wildman–Crippen MR) is 78.1 cm³/mol. The third-order valence-electron chi connectivity index (χ3n) is 3.43. The van der Waals surface area contributed by atoms with E-state index in [1.807, 2.05) is 0 Å². The molecule has 0 saturated carbocycles. The highest BCUT2D eigenvalue weighted by Gasteiger charge is 2.06. The molecule has 1 heterocycles. The van der Waals surface area contributed by atoms with Crippen LogP contribution in [-0.2, 0) is 11.2 Å². The highest BCUT2D eigenvalue weighted by atomic mass is 16.1. The standard InChI is InChI=1S/C16H22N2O/c1-13-2-4-14(5-3-13)6-7-16(19)18-12-15-8-10-17-11-9-15/h2-5,8,17H,6-7,9-12H2,1H3,(H,18,19). The zero-order chi connectivity index (χ0) is 13.5. The van der Waals surface area contributed by atoms with Crippen LogP contribution in [0.2, 0.25) is 0 Å². The minimum atomic E-state index is 0.139. The fraction of sp³-hybridized carbons (Fsp3) is 0.438. The molecule has 0 saturated heterocycles.